The van der Waals surface area contributed by atoms with Crippen molar-refractivity contribution in [1.29, 1.82) is 0 Å². The van der Waals surface area contributed by atoms with Crippen LogP contribution in [0.4, 0.5) is 52.7 Å². The van der Waals surface area contributed by atoms with E-state index in [0.29, 0.717) is 12.1 Å². The van der Waals surface area contributed by atoms with Crippen LogP contribution in [0, 0.1) is 11.6 Å². The Kier molecular flexibility index (Phi) is 8.43. The number of ketones is 1. The van der Waals surface area contributed by atoms with Crippen LogP contribution in [0.5, 0.6) is 0 Å². The van der Waals surface area contributed by atoms with Gasteiger partial charge in [-0.1, -0.05) is 44.0 Å². The highest BCUT2D eigenvalue weighted by Crippen LogP contribution is 2.48. The van der Waals surface area contributed by atoms with E-state index in [4.69, 9.17) is 0 Å². The summed E-state index contributed by atoms with van der Waals surface area (Å²) in [5, 5.41) is 0. The molecular formula is C19H8Br2F12O. The van der Waals surface area contributed by atoms with E-state index in [1.54, 1.807) is 0 Å². The fourth-order valence-electron chi connectivity index (χ4n) is 3.17. The van der Waals surface area contributed by atoms with Gasteiger partial charge >= 0.3 is 12.4 Å². The second-order valence-corrected chi connectivity index (χ2v) is 8.39. The highest BCUT2D eigenvalue weighted by atomic mass is 79.9. The molecule has 2 unspecified atom stereocenters. The van der Waals surface area contributed by atoms with Gasteiger partial charge in [0.15, 0.2) is 5.78 Å². The van der Waals surface area contributed by atoms with E-state index in [1.807, 2.05) is 0 Å². The fourth-order valence-corrected chi connectivity index (χ4v) is 4.13. The molecule has 2 aromatic rings. The number of carbonyl (C=O) groups excluding carboxylic acids is 1. The second kappa shape index (κ2) is 10.1. The molecule has 0 saturated heterocycles. The number of alkyl halides is 10. The zero-order chi connectivity index (χ0) is 26.3. The van der Waals surface area contributed by atoms with Crippen molar-refractivity contribution < 1.29 is 57.5 Å². The first kappa shape index (κ1) is 28.5. The monoisotopic (exact) mass is 638 g/mol. The average Bonchev–Trinajstić information content (AvgIpc) is 2.63. The summed E-state index contributed by atoms with van der Waals surface area (Å²) in [7, 11) is 0. The van der Waals surface area contributed by atoms with E-state index in [1.165, 1.54) is 0 Å². The Morgan fingerprint density at radius 2 is 0.941 bits per heavy atom. The minimum Gasteiger partial charge on any atom is -0.298 e. The summed E-state index contributed by atoms with van der Waals surface area (Å²) in [4.78, 5) is 12.6. The quantitative estimate of drug-likeness (QED) is 0.289. The molecule has 15 heteroatoms. The van der Waals surface area contributed by atoms with E-state index in [0.717, 1.165) is 0 Å². The van der Waals surface area contributed by atoms with Gasteiger partial charge in [0.05, 0.1) is 11.1 Å². The van der Waals surface area contributed by atoms with Gasteiger partial charge in [-0.3, -0.25) is 4.79 Å². The van der Waals surface area contributed by atoms with Crippen molar-refractivity contribution in [2.45, 2.75) is 37.0 Å². The van der Waals surface area contributed by atoms with Crippen LogP contribution in [0.25, 0.3) is 0 Å². The number of hydrogen-bond donors (Lipinski definition) is 0. The molecule has 0 saturated carbocycles. The third-order valence-corrected chi connectivity index (χ3v) is 5.98. The predicted octanol–water partition coefficient (Wildman–Crippen LogP) is 8.93. The van der Waals surface area contributed by atoms with Crippen molar-refractivity contribution in [3.63, 3.8) is 0 Å². The predicted molar refractivity (Wildman–Crippen MR) is 101 cm³/mol. The SMILES string of the molecule is O=C(C(c1ccc(Br)c(C(F)F)c1F)C(F)(F)F)C(c1ccc(Br)c(C(F)F)c1F)C(F)(F)F. The zero-order valence-electron chi connectivity index (χ0n) is 15.8. The molecule has 0 aliphatic heterocycles. The third-order valence-electron chi connectivity index (χ3n) is 4.60. The van der Waals surface area contributed by atoms with Gasteiger partial charge in [-0.25, -0.2) is 26.3 Å². The van der Waals surface area contributed by atoms with Crippen LogP contribution in [0.2, 0.25) is 0 Å². The van der Waals surface area contributed by atoms with Crippen LogP contribution in [-0.4, -0.2) is 18.1 Å². The third kappa shape index (κ3) is 5.55. The Bertz CT molecular complexity index is 995. The maximum absolute atomic E-state index is 14.6. The largest absolute Gasteiger partial charge is 0.402 e. The summed E-state index contributed by atoms with van der Waals surface area (Å²) < 4.78 is 163. The van der Waals surface area contributed by atoms with E-state index in [-0.39, 0.29) is 12.1 Å². The Balaban J connectivity index is 2.83. The van der Waals surface area contributed by atoms with Crippen molar-refractivity contribution in [1.82, 2.24) is 0 Å². The van der Waals surface area contributed by atoms with Gasteiger partial charge in [0, 0.05) is 20.1 Å². The van der Waals surface area contributed by atoms with Crippen LogP contribution >= 0.6 is 31.9 Å². The lowest BCUT2D eigenvalue weighted by atomic mass is 9.81. The first-order chi connectivity index (χ1) is 15.4. The molecule has 2 atom stereocenters. The topological polar surface area (TPSA) is 17.1 Å². The van der Waals surface area contributed by atoms with Gasteiger partial charge in [0.1, 0.15) is 23.5 Å². The Hall–Kier alpha value is -1.77. The van der Waals surface area contributed by atoms with Crippen LogP contribution in [0.15, 0.2) is 33.2 Å². The Morgan fingerprint density at radius 3 is 1.18 bits per heavy atom. The molecule has 0 spiro atoms. The lowest BCUT2D eigenvalue weighted by molar-refractivity contribution is -0.184. The molecule has 0 aromatic heterocycles. The minimum atomic E-state index is -5.97. The molecule has 0 fully saturated rings. The number of carbonyl (C=O) groups is 1. The highest BCUT2D eigenvalue weighted by Gasteiger charge is 2.57. The van der Waals surface area contributed by atoms with Crippen LogP contribution in [0.1, 0.15) is 46.9 Å². The summed E-state index contributed by atoms with van der Waals surface area (Å²) in [6.45, 7) is 0. The Morgan fingerprint density at radius 1 is 0.647 bits per heavy atom. The van der Waals surface area contributed by atoms with Gasteiger partial charge in [0.25, 0.3) is 12.9 Å². The molecule has 1 nitrogen and oxygen atoms in total. The highest BCUT2D eigenvalue weighted by molar-refractivity contribution is 9.10. The van der Waals surface area contributed by atoms with Gasteiger partial charge in [-0.2, -0.15) is 26.3 Å². The van der Waals surface area contributed by atoms with E-state index < -0.39 is 85.7 Å². The standard InChI is InChI=1S/C19H8Br2F12O/c20-7-3-1-5(13(22)9(7)16(24)25)11(18(28,29)30)15(34)12(19(31,32)33)6-2-4-8(21)10(14(6)23)17(26)27/h1-4,11-12,16-17H. The van der Waals surface area contributed by atoms with Crippen LogP contribution in [-0.2, 0) is 4.79 Å². The zero-order valence-corrected chi connectivity index (χ0v) is 19.0. The van der Waals surface area contributed by atoms with Gasteiger partial charge in [-0.15, -0.1) is 0 Å². The maximum Gasteiger partial charge on any atom is 0.402 e. The summed E-state index contributed by atoms with van der Waals surface area (Å²) in [6.07, 6.45) is -19.4. The minimum absolute atomic E-state index is 0.164. The maximum atomic E-state index is 14.6. The number of benzene rings is 2. The lowest BCUT2D eigenvalue weighted by Crippen LogP contribution is -2.39. The molecule has 0 radical (unpaired) electrons. The number of hydrogen-bond acceptors (Lipinski definition) is 1. The number of rotatable bonds is 6. The molecule has 0 bridgehead atoms. The second-order valence-electron chi connectivity index (χ2n) is 6.68. The van der Waals surface area contributed by atoms with Crippen LogP contribution in [0.3, 0.4) is 0 Å². The van der Waals surface area contributed by atoms with Gasteiger partial charge < -0.3 is 0 Å². The molecule has 2 aromatic carbocycles. The van der Waals surface area contributed by atoms with Gasteiger partial charge in [0.2, 0.25) is 0 Å². The fraction of sp³-hybridized carbons (Fsp3) is 0.316. The van der Waals surface area contributed by atoms with Crippen LogP contribution < -0.4 is 0 Å². The van der Waals surface area contributed by atoms with Crippen molar-refractivity contribution in [2.75, 3.05) is 0 Å². The molecule has 0 N–H and O–H groups in total. The summed E-state index contributed by atoms with van der Waals surface area (Å²) >= 11 is 4.92. The van der Waals surface area contributed by atoms with Crippen molar-refractivity contribution in [2.24, 2.45) is 0 Å². The number of Topliss-reactive ketones (excluding diaryl/α,β-unsaturated/α-hetero) is 1. The smallest absolute Gasteiger partial charge is 0.298 e. The molecule has 188 valence electrons. The molecule has 0 heterocycles. The van der Waals surface area contributed by atoms with Crippen molar-refractivity contribution in [3.05, 3.63) is 67.1 Å². The summed E-state index contributed by atoms with van der Waals surface area (Å²) in [5.74, 6) is -15.5. The molecule has 2 rings (SSSR count). The molecule has 0 aliphatic rings. The normalized spacial score (nSPS) is 14.6. The van der Waals surface area contributed by atoms with Crippen molar-refractivity contribution >= 4 is 37.6 Å². The number of halogens is 14. The first-order valence-corrected chi connectivity index (χ1v) is 10.2. The first-order valence-electron chi connectivity index (χ1n) is 8.60. The molecule has 0 aliphatic carbocycles. The summed E-state index contributed by atoms with van der Waals surface area (Å²) in [5.41, 5.74) is -7.07. The molecule has 34 heavy (non-hydrogen) atoms. The van der Waals surface area contributed by atoms with Crippen molar-refractivity contribution in [3.8, 4) is 0 Å². The molecule has 0 amide bonds. The average molecular weight is 640 g/mol. The summed E-state index contributed by atoms with van der Waals surface area (Å²) in [6, 6.07) is 1.25. The molecular weight excluding hydrogens is 632 g/mol. The van der Waals surface area contributed by atoms with E-state index in [9.17, 15) is 57.5 Å². The lowest BCUT2D eigenvalue weighted by Gasteiger charge is -2.28. The van der Waals surface area contributed by atoms with E-state index >= 15 is 0 Å². The van der Waals surface area contributed by atoms with E-state index in [2.05, 4.69) is 31.9 Å². The van der Waals surface area contributed by atoms with Gasteiger partial charge in [-0.05, 0) is 12.1 Å². The Labute approximate surface area is 199 Å².